The monoisotopic (exact) mass is 1490 g/mol. The molecule has 530 valence electrons. The minimum absolute atomic E-state index is 0.0208. The maximum absolute atomic E-state index is 12.1. The molecule has 0 saturated carbocycles. The van der Waals surface area contributed by atoms with Gasteiger partial charge in [0.1, 0.15) is 47.7 Å². The number of aliphatic carboxylic acids is 1. The number of carbonyl (C=O) groups is 4. The Labute approximate surface area is 607 Å². The van der Waals surface area contributed by atoms with Gasteiger partial charge in [0.15, 0.2) is 13.2 Å². The zero-order chi connectivity index (χ0) is 74.5. The Morgan fingerprint density at radius 3 is 1.30 bits per heavy atom. The second-order valence-corrected chi connectivity index (χ2v) is 22.8. The van der Waals surface area contributed by atoms with Crippen molar-refractivity contribution in [3.63, 3.8) is 0 Å². The van der Waals surface area contributed by atoms with Crippen molar-refractivity contribution in [2.24, 2.45) is 11.5 Å². The number of hydrogen-bond acceptors (Lipinski definition) is 14. The van der Waals surface area contributed by atoms with E-state index in [4.69, 9.17) is 56.4 Å². The van der Waals surface area contributed by atoms with E-state index in [1.54, 1.807) is 58.8 Å². The van der Waals surface area contributed by atoms with Crippen LogP contribution in [0.3, 0.4) is 0 Å². The molecule has 0 radical (unpaired) electrons. The molecule has 10 aromatic carbocycles. The van der Waals surface area contributed by atoms with E-state index in [1.807, 2.05) is 139 Å². The van der Waals surface area contributed by atoms with Gasteiger partial charge in [0, 0.05) is 54.1 Å². The molecule has 0 bridgehead atoms. The predicted octanol–water partition coefficient (Wildman–Crippen LogP) is 12.0. The van der Waals surface area contributed by atoms with Gasteiger partial charge < -0.3 is 59.8 Å². The van der Waals surface area contributed by atoms with E-state index in [2.05, 4.69) is 92.0 Å². The number of amides is 1. The van der Waals surface area contributed by atoms with Crippen molar-refractivity contribution in [1.29, 1.82) is 0.594 Å². The summed E-state index contributed by atoms with van der Waals surface area (Å²) in [6.45, 7) is 8.82. The molecule has 10 aromatic rings. The summed E-state index contributed by atoms with van der Waals surface area (Å²) in [4.78, 5) is 45.2. The van der Waals surface area contributed by atoms with Crippen LogP contribution >= 0.6 is 0 Å². The van der Waals surface area contributed by atoms with Crippen molar-refractivity contribution >= 4 is 24.8 Å². The molecule has 16 nitrogen and oxygen atoms in total. The van der Waals surface area contributed by atoms with Gasteiger partial charge in [0.25, 0.3) is 18.9 Å². The summed E-state index contributed by atoms with van der Waals surface area (Å²) in [7, 11) is 5.46. The second-order valence-electron chi connectivity index (χ2n) is 22.8. The quantitative estimate of drug-likeness (QED) is 0.0202. The number of methoxy groups -OCH3 is 4. The third-order valence-electron chi connectivity index (χ3n) is 16.6. The number of alkyl halides is 2. The summed E-state index contributed by atoms with van der Waals surface area (Å²) in [5, 5.41) is 11.5. The number of fused-ring (bicyclic) bond motifs is 6. The van der Waals surface area contributed by atoms with E-state index < -0.39 is 13.1 Å². The van der Waals surface area contributed by atoms with Gasteiger partial charge in [0.05, 0.1) is 43.0 Å². The molecule has 2 atom stereocenters. The first-order chi connectivity index (χ1) is 50.0. The van der Waals surface area contributed by atoms with Crippen molar-refractivity contribution in [1.82, 2.24) is 5.32 Å². The molecular formula is C83H90FIN3O13-. The predicted molar refractivity (Wildman–Crippen MR) is 392 cm³/mol. The Kier molecular flexibility index (Phi) is 32.0. The summed E-state index contributed by atoms with van der Waals surface area (Å²) in [5.41, 5.74) is 30.3. The van der Waals surface area contributed by atoms with Crippen LogP contribution in [0.1, 0.15) is 98.9 Å². The first-order valence-corrected chi connectivity index (χ1v) is 34.4. The van der Waals surface area contributed by atoms with E-state index in [9.17, 15) is 23.6 Å². The van der Waals surface area contributed by atoms with Crippen LogP contribution in [-0.4, -0.2) is 97.5 Å². The van der Waals surface area contributed by atoms with E-state index in [1.165, 1.54) is 61.2 Å². The van der Waals surface area contributed by atoms with Crippen molar-refractivity contribution < 1.29 is 90.3 Å². The minimum atomic E-state index is -1.02. The van der Waals surface area contributed by atoms with Crippen LogP contribution in [0.2, 0.25) is 0 Å². The summed E-state index contributed by atoms with van der Waals surface area (Å²) in [6, 6.07) is 75.2. The zero-order valence-corrected chi connectivity index (χ0v) is 60.3. The standard InChI is InChI=1S/C26H29NO4.C17H19NO5.2C15H12O2.C8H11N.CH3F.CH4I/c1-18-5-7-20(8-6-18)16-27-26(28)17-31-22-11-9-21(10-12-22)19(2)24-14-13-23(29-3)15-25(24)30-4;1-21-13-7-8-14(15(9-13)22-2)17(18)11-3-5-12(6-4-11)23-10-16(19)20;2*16-10-17-9-15-13-7-3-1-5-11(13)12-6-2-4-8-14(12)15;1-7-2-4-8(6-9)5-3-7;2*1-2/h5-15,19H,16-17H2,1-4H3,(H,27,28);3-9,17H,10,18H2,1-2H3,(H,19,20);2*1-8,10,15H,9H2;2-5H,6,9H2,1H3;1H3;2H,1H3/q;;;;;;-1/i;18+1;;;;1D;2D. The van der Waals surface area contributed by atoms with Crippen LogP contribution in [0.5, 0.6) is 34.5 Å². The number of halogens is 2. The number of carboxylic acids is 1. The number of benzene rings is 10. The average Bonchev–Trinajstić information content (AvgIpc) is 1.64. The number of nitrogens with one attached hydrogen (secondary N) is 1. The van der Waals surface area contributed by atoms with Crippen LogP contribution < -0.4 is 67.6 Å². The van der Waals surface area contributed by atoms with Crippen molar-refractivity contribution in [2.45, 2.75) is 57.7 Å². The SMILES string of the molecule is COc1ccc(C(C)c2ccc(OCC(=O)NCc3ccc(C)cc3)cc2)c(OC)c1.COc1ccc(C([15NH2])c2ccc(OCC(=O)O)cc2)c(OC)c1.Cc1ccc(CN)cc1.O=COCC1c2ccccc2-c2ccccc21.O=COCC1c2ccccc2-c2ccccc21.[2H]CF.[2H][I-]C. The second kappa shape index (κ2) is 42.4. The molecule has 0 aliphatic heterocycles. The van der Waals surface area contributed by atoms with Gasteiger partial charge >= 0.3 is 33.9 Å². The first kappa shape index (κ1) is 76.2. The molecular weight excluding hydrogens is 1390 g/mol. The third kappa shape index (κ3) is 23.0. The van der Waals surface area contributed by atoms with Crippen LogP contribution in [0.4, 0.5) is 4.39 Å². The van der Waals surface area contributed by atoms with Gasteiger partial charge in [-0.3, -0.25) is 18.8 Å². The van der Waals surface area contributed by atoms with Crippen LogP contribution in [-0.2, 0) is 41.7 Å². The van der Waals surface area contributed by atoms with Crippen molar-refractivity contribution in [2.75, 3.05) is 67.0 Å². The van der Waals surface area contributed by atoms with E-state index >= 15 is 0 Å². The van der Waals surface area contributed by atoms with E-state index in [-0.39, 0.29) is 65.3 Å². The summed E-state index contributed by atoms with van der Waals surface area (Å²) in [5.74, 6) is 3.32. The zero-order valence-electron chi connectivity index (χ0n) is 60.1. The molecule has 0 saturated heterocycles. The Balaban J connectivity index is 0.000000206. The Morgan fingerprint density at radius 1 is 0.545 bits per heavy atom. The molecule has 1 amide bonds. The number of aryl methyl sites for hydroxylation is 2. The van der Waals surface area contributed by atoms with Gasteiger partial charge in [-0.15, -0.1) is 0 Å². The molecule has 12 rings (SSSR count). The average molecular weight is 1490 g/mol. The molecule has 2 aliphatic carbocycles. The van der Waals surface area contributed by atoms with Gasteiger partial charge in [0.2, 0.25) is 0 Å². The van der Waals surface area contributed by atoms with Crippen molar-refractivity contribution in [3.05, 3.63) is 297 Å². The molecule has 0 fully saturated rings. The maximum atomic E-state index is 12.1. The Morgan fingerprint density at radius 2 is 0.911 bits per heavy atom. The number of carboxylic acid groups (broad SMARTS) is 1. The summed E-state index contributed by atoms with van der Waals surface area (Å²) in [6.07, 6.45) is 0. The van der Waals surface area contributed by atoms with E-state index in [0.717, 1.165) is 39.3 Å². The van der Waals surface area contributed by atoms with Gasteiger partial charge in [-0.2, -0.15) is 0 Å². The summed E-state index contributed by atoms with van der Waals surface area (Å²) >= 11 is -0.160. The van der Waals surface area contributed by atoms with E-state index in [0.29, 0.717) is 62.2 Å². The Bertz CT molecular complexity index is 4030. The Hall–Kier alpha value is -10.5. The van der Waals surface area contributed by atoms with Gasteiger partial charge in [-0.25, -0.2) is 4.79 Å². The number of nitrogens with two attached hydrogens (primary N) is 2. The fraction of sp³-hybridized carbons (Fsp3) is 0.229. The molecule has 6 N–H and O–H groups in total. The van der Waals surface area contributed by atoms with Crippen LogP contribution in [0.25, 0.3) is 22.3 Å². The molecule has 0 spiro atoms. The van der Waals surface area contributed by atoms with Crippen molar-refractivity contribution in [3.8, 4) is 56.8 Å². The molecule has 18 heteroatoms. The molecule has 2 unspecified atom stereocenters. The fourth-order valence-electron chi connectivity index (χ4n) is 11.4. The number of ether oxygens (including phenoxy) is 8. The van der Waals surface area contributed by atoms with Crippen LogP contribution in [0.15, 0.2) is 231 Å². The molecule has 0 heterocycles. The van der Waals surface area contributed by atoms with Crippen LogP contribution in [0, 0.1) is 13.8 Å². The third-order valence-corrected chi connectivity index (χ3v) is 16.6. The molecule has 0 aromatic heterocycles. The molecule has 2 aliphatic rings. The normalized spacial score (nSPS) is 11.8. The number of carbonyl (C=O) groups excluding carboxylic acids is 3. The number of hydrogen-bond donors (Lipinski definition) is 4. The van der Waals surface area contributed by atoms with Gasteiger partial charge in [-0.05, 0) is 123 Å². The topological polar surface area (TPSA) is 226 Å². The van der Waals surface area contributed by atoms with Gasteiger partial charge in [-0.1, -0.05) is 194 Å². The summed E-state index contributed by atoms with van der Waals surface area (Å²) < 4.78 is 63.8. The fourth-order valence-corrected chi connectivity index (χ4v) is 11.4. The number of rotatable bonds is 23. The first-order valence-electron chi connectivity index (χ1n) is 33.4. The molecule has 101 heavy (non-hydrogen) atoms.